The summed E-state index contributed by atoms with van der Waals surface area (Å²) < 4.78 is 0. The van der Waals surface area contributed by atoms with Gasteiger partial charge >= 0.3 is 0 Å². The SMILES string of the molecule is C=C1c2c1c1ccccc1c1ccccc21. The monoisotopic (exact) mass is 202 g/mol. The van der Waals surface area contributed by atoms with Crippen molar-refractivity contribution in [1.29, 1.82) is 0 Å². The first-order chi connectivity index (χ1) is 7.88. The minimum Gasteiger partial charge on any atom is -0.0905 e. The van der Waals surface area contributed by atoms with Crippen LogP contribution in [0.25, 0.3) is 27.1 Å². The molecule has 74 valence electrons. The normalized spacial score (nSPS) is 13.1. The van der Waals surface area contributed by atoms with E-state index < -0.39 is 0 Å². The quantitative estimate of drug-likeness (QED) is 0.371. The Morgan fingerprint density at radius 1 is 0.562 bits per heavy atom. The van der Waals surface area contributed by atoms with Gasteiger partial charge in [-0.3, -0.25) is 0 Å². The molecule has 4 rings (SSSR count). The number of rotatable bonds is 0. The summed E-state index contributed by atoms with van der Waals surface area (Å²) in [5.41, 5.74) is 3.96. The maximum atomic E-state index is 4.13. The van der Waals surface area contributed by atoms with Crippen molar-refractivity contribution < 1.29 is 0 Å². The van der Waals surface area contributed by atoms with E-state index in [2.05, 4.69) is 55.1 Å². The molecule has 3 aromatic carbocycles. The van der Waals surface area contributed by atoms with Crippen molar-refractivity contribution in [2.75, 3.05) is 0 Å². The van der Waals surface area contributed by atoms with E-state index in [4.69, 9.17) is 0 Å². The van der Waals surface area contributed by atoms with Crippen LogP contribution in [0.3, 0.4) is 0 Å². The topological polar surface area (TPSA) is 0 Å². The van der Waals surface area contributed by atoms with Crippen molar-refractivity contribution >= 4 is 27.1 Å². The van der Waals surface area contributed by atoms with Gasteiger partial charge < -0.3 is 0 Å². The number of hydrogen-bond acceptors (Lipinski definition) is 0. The zero-order valence-electron chi connectivity index (χ0n) is 8.83. The Morgan fingerprint density at radius 3 is 1.38 bits per heavy atom. The zero-order chi connectivity index (χ0) is 10.7. The highest BCUT2D eigenvalue weighted by Crippen LogP contribution is 2.50. The van der Waals surface area contributed by atoms with Crippen LogP contribution in [0.2, 0.25) is 0 Å². The van der Waals surface area contributed by atoms with Gasteiger partial charge in [0.2, 0.25) is 0 Å². The average molecular weight is 202 g/mol. The molecule has 1 aliphatic rings. The van der Waals surface area contributed by atoms with Gasteiger partial charge in [-0.1, -0.05) is 55.1 Å². The van der Waals surface area contributed by atoms with E-state index in [-0.39, 0.29) is 0 Å². The molecule has 16 heavy (non-hydrogen) atoms. The molecule has 0 bridgehead atoms. The second-order valence-corrected chi connectivity index (χ2v) is 4.32. The van der Waals surface area contributed by atoms with Gasteiger partial charge in [0.25, 0.3) is 0 Å². The molecule has 0 aliphatic heterocycles. The molecule has 0 saturated carbocycles. The molecule has 0 heteroatoms. The lowest BCUT2D eigenvalue weighted by Gasteiger charge is -2.01. The largest absolute Gasteiger partial charge is 0.0905 e. The second-order valence-electron chi connectivity index (χ2n) is 4.32. The van der Waals surface area contributed by atoms with E-state index in [0.717, 1.165) is 0 Å². The van der Waals surface area contributed by atoms with Gasteiger partial charge in [0.15, 0.2) is 0 Å². The van der Waals surface area contributed by atoms with Crippen molar-refractivity contribution in [3.05, 3.63) is 66.2 Å². The van der Waals surface area contributed by atoms with Crippen LogP contribution in [0.5, 0.6) is 0 Å². The summed E-state index contributed by atoms with van der Waals surface area (Å²) in [5.74, 6) is 0. The lowest BCUT2D eigenvalue weighted by atomic mass is 10.0. The van der Waals surface area contributed by atoms with Crippen LogP contribution < -0.4 is 0 Å². The van der Waals surface area contributed by atoms with Crippen LogP contribution in [0.4, 0.5) is 0 Å². The summed E-state index contributed by atoms with van der Waals surface area (Å²) in [5, 5.41) is 5.38. The Balaban J connectivity index is 2.40. The molecule has 0 amide bonds. The summed E-state index contributed by atoms with van der Waals surface area (Å²) in [6.45, 7) is 4.13. The third-order valence-electron chi connectivity index (χ3n) is 3.47. The molecule has 0 heterocycles. The molecule has 0 spiro atoms. The Morgan fingerprint density at radius 2 is 0.938 bits per heavy atom. The van der Waals surface area contributed by atoms with Crippen LogP contribution in [0, 0.1) is 0 Å². The minimum absolute atomic E-state index is 1.22. The van der Waals surface area contributed by atoms with Gasteiger partial charge in [0.05, 0.1) is 0 Å². The smallest absolute Gasteiger partial charge is 0.00198 e. The number of benzene rings is 3. The van der Waals surface area contributed by atoms with Crippen molar-refractivity contribution in [2.45, 2.75) is 0 Å². The summed E-state index contributed by atoms with van der Waals surface area (Å²) in [7, 11) is 0. The molecule has 0 nitrogen and oxygen atoms in total. The Bertz CT molecular complexity index is 699. The van der Waals surface area contributed by atoms with E-state index >= 15 is 0 Å². The molecule has 0 N–H and O–H groups in total. The molecule has 1 aliphatic carbocycles. The van der Waals surface area contributed by atoms with Crippen molar-refractivity contribution in [2.24, 2.45) is 0 Å². The Hall–Kier alpha value is -2.08. The molecular formula is C16H10. The van der Waals surface area contributed by atoms with Crippen molar-refractivity contribution in [1.82, 2.24) is 0 Å². The minimum atomic E-state index is 1.22. The maximum Gasteiger partial charge on any atom is -0.00198 e. The third-order valence-corrected chi connectivity index (χ3v) is 3.47. The predicted molar refractivity (Wildman–Crippen MR) is 69.6 cm³/mol. The highest BCUT2D eigenvalue weighted by molar-refractivity contribution is 6.26. The van der Waals surface area contributed by atoms with Gasteiger partial charge in [-0.15, -0.1) is 0 Å². The highest BCUT2D eigenvalue weighted by Gasteiger charge is 2.28. The molecule has 0 fully saturated rings. The fourth-order valence-corrected chi connectivity index (χ4v) is 2.69. The van der Waals surface area contributed by atoms with Gasteiger partial charge in [-0.05, 0) is 38.2 Å². The van der Waals surface area contributed by atoms with Crippen molar-refractivity contribution in [3.63, 3.8) is 0 Å². The molecular weight excluding hydrogens is 192 g/mol. The molecule has 0 radical (unpaired) electrons. The van der Waals surface area contributed by atoms with E-state index in [9.17, 15) is 0 Å². The highest BCUT2D eigenvalue weighted by atomic mass is 14.3. The fourth-order valence-electron chi connectivity index (χ4n) is 2.69. The average Bonchev–Trinajstić information content (AvgIpc) is 3.02. The van der Waals surface area contributed by atoms with Crippen molar-refractivity contribution in [3.8, 4) is 0 Å². The van der Waals surface area contributed by atoms with E-state index in [1.54, 1.807) is 0 Å². The molecule has 0 atom stereocenters. The first-order valence-electron chi connectivity index (χ1n) is 5.51. The molecule has 3 aromatic rings. The van der Waals surface area contributed by atoms with Crippen LogP contribution in [-0.2, 0) is 0 Å². The molecule has 0 unspecified atom stereocenters. The lowest BCUT2D eigenvalue weighted by Crippen LogP contribution is -1.75. The van der Waals surface area contributed by atoms with Crippen LogP contribution in [0.15, 0.2) is 55.1 Å². The Labute approximate surface area is 93.8 Å². The summed E-state index contributed by atoms with van der Waals surface area (Å²) in [6, 6.07) is 17.2. The fraction of sp³-hybridized carbons (Fsp3) is 0. The standard InChI is InChI=1S/C16H10/c1-10-15-13-8-4-2-6-11(13)12-7-3-5-9-14(12)16(10)15/h2-9H,1H2. The maximum absolute atomic E-state index is 4.13. The first kappa shape index (κ1) is 8.12. The Kier molecular flexibility index (Phi) is 1.29. The third kappa shape index (κ3) is 0.809. The van der Waals surface area contributed by atoms with Gasteiger partial charge in [-0.2, -0.15) is 0 Å². The predicted octanol–water partition coefficient (Wildman–Crippen LogP) is 4.37. The summed E-state index contributed by atoms with van der Waals surface area (Å²) >= 11 is 0. The van der Waals surface area contributed by atoms with E-state index in [0.29, 0.717) is 0 Å². The summed E-state index contributed by atoms with van der Waals surface area (Å²) in [6.07, 6.45) is 0. The molecule has 0 aromatic heterocycles. The van der Waals surface area contributed by atoms with Gasteiger partial charge in [0, 0.05) is 0 Å². The number of hydrogen-bond donors (Lipinski definition) is 0. The zero-order valence-corrected chi connectivity index (χ0v) is 8.83. The van der Waals surface area contributed by atoms with E-state index in [1.165, 1.54) is 38.2 Å². The first-order valence-corrected chi connectivity index (χ1v) is 5.51. The second kappa shape index (κ2) is 2.53. The van der Waals surface area contributed by atoms with Crippen LogP contribution in [-0.4, -0.2) is 0 Å². The van der Waals surface area contributed by atoms with E-state index in [1.807, 2.05) is 0 Å². The number of fused-ring (bicyclic) bond motifs is 6. The van der Waals surface area contributed by atoms with Gasteiger partial charge in [0.1, 0.15) is 0 Å². The molecule has 0 saturated heterocycles. The summed E-state index contributed by atoms with van der Waals surface area (Å²) in [4.78, 5) is 0. The van der Waals surface area contributed by atoms with Crippen LogP contribution in [0.1, 0.15) is 11.1 Å². The van der Waals surface area contributed by atoms with Crippen LogP contribution >= 0.6 is 0 Å². The lowest BCUT2D eigenvalue weighted by molar-refractivity contribution is 1.78. The van der Waals surface area contributed by atoms with Gasteiger partial charge in [-0.25, -0.2) is 0 Å².